The molecule has 0 saturated heterocycles. The van der Waals surface area contributed by atoms with Crippen LogP contribution in [0.5, 0.6) is 0 Å². The Kier molecular flexibility index (Phi) is 4.26. The molecule has 0 heterocycles. The predicted octanol–water partition coefficient (Wildman–Crippen LogP) is 4.91. The first-order chi connectivity index (χ1) is 9.91. The fourth-order valence-corrected chi connectivity index (χ4v) is 2.08. The Morgan fingerprint density at radius 2 is 1.24 bits per heavy atom. The zero-order valence-corrected chi connectivity index (χ0v) is 11.3. The minimum Gasteiger partial charge on any atom is -0.289 e. The van der Waals surface area contributed by atoms with E-state index in [9.17, 15) is 18.0 Å². The Labute approximate surface area is 120 Å². The molecular formula is C17H13F3O. The van der Waals surface area contributed by atoms with E-state index in [0.717, 1.165) is 0 Å². The van der Waals surface area contributed by atoms with Crippen LogP contribution >= 0.6 is 0 Å². The summed E-state index contributed by atoms with van der Waals surface area (Å²) >= 11 is 0. The average Bonchev–Trinajstić information content (AvgIpc) is 2.47. The number of benzene rings is 2. The van der Waals surface area contributed by atoms with E-state index in [-0.39, 0.29) is 11.1 Å². The summed E-state index contributed by atoms with van der Waals surface area (Å²) in [6, 6.07) is 15.6. The zero-order chi connectivity index (χ0) is 15.5. The van der Waals surface area contributed by atoms with Crippen molar-refractivity contribution in [1.29, 1.82) is 0 Å². The highest BCUT2D eigenvalue weighted by molar-refractivity contribution is 6.13. The molecule has 0 bridgehead atoms. The van der Waals surface area contributed by atoms with Gasteiger partial charge in [-0.25, -0.2) is 0 Å². The lowest BCUT2D eigenvalue weighted by molar-refractivity contribution is -0.0882. The summed E-state index contributed by atoms with van der Waals surface area (Å²) in [6.07, 6.45) is -4.70. The van der Waals surface area contributed by atoms with Crippen molar-refractivity contribution < 1.29 is 18.0 Å². The lowest BCUT2D eigenvalue weighted by Gasteiger charge is -2.15. The van der Waals surface area contributed by atoms with Gasteiger partial charge >= 0.3 is 6.18 Å². The molecule has 2 rings (SSSR count). The van der Waals surface area contributed by atoms with Gasteiger partial charge in [-0.05, 0) is 18.1 Å². The van der Waals surface area contributed by atoms with Gasteiger partial charge in [0.25, 0.3) is 0 Å². The van der Waals surface area contributed by atoms with E-state index in [1.807, 2.05) is 0 Å². The summed E-state index contributed by atoms with van der Waals surface area (Å²) in [5, 5.41) is 0. The summed E-state index contributed by atoms with van der Waals surface area (Å²) in [5.74, 6) is -1.01. The molecule has 0 aromatic heterocycles. The van der Waals surface area contributed by atoms with Crippen LogP contribution in [0, 0.1) is 0 Å². The van der Waals surface area contributed by atoms with E-state index in [2.05, 4.69) is 0 Å². The van der Waals surface area contributed by atoms with Crippen LogP contribution in [0.25, 0.3) is 5.57 Å². The standard InChI is InChI=1S/C17H13F3O/c1-12(13-8-4-2-5-9-13)15(17(18,19)20)16(21)14-10-6-3-7-11-14/h2-11H,1H3/b15-12+. The molecule has 21 heavy (non-hydrogen) atoms. The molecule has 108 valence electrons. The van der Waals surface area contributed by atoms with Crippen molar-refractivity contribution in [3.63, 3.8) is 0 Å². The second kappa shape index (κ2) is 5.95. The van der Waals surface area contributed by atoms with E-state index < -0.39 is 17.5 Å². The molecule has 0 aliphatic carbocycles. The Balaban J connectivity index is 2.58. The molecule has 0 N–H and O–H groups in total. The first-order valence-electron chi connectivity index (χ1n) is 6.34. The third-order valence-electron chi connectivity index (χ3n) is 3.13. The predicted molar refractivity (Wildman–Crippen MR) is 75.9 cm³/mol. The van der Waals surface area contributed by atoms with Crippen molar-refractivity contribution >= 4 is 11.4 Å². The number of halogens is 3. The monoisotopic (exact) mass is 290 g/mol. The molecule has 0 saturated carbocycles. The second-order valence-corrected chi connectivity index (χ2v) is 4.56. The van der Waals surface area contributed by atoms with Crippen LogP contribution in [0.3, 0.4) is 0 Å². The molecule has 0 amide bonds. The summed E-state index contributed by atoms with van der Waals surface area (Å²) in [5.41, 5.74) is -0.786. The van der Waals surface area contributed by atoms with E-state index in [4.69, 9.17) is 0 Å². The summed E-state index contributed by atoms with van der Waals surface area (Å²) in [6.45, 7) is 1.32. The average molecular weight is 290 g/mol. The second-order valence-electron chi connectivity index (χ2n) is 4.56. The van der Waals surface area contributed by atoms with Crippen LogP contribution in [0.2, 0.25) is 0 Å². The molecule has 2 aromatic rings. The van der Waals surface area contributed by atoms with E-state index in [0.29, 0.717) is 5.56 Å². The van der Waals surface area contributed by atoms with E-state index in [1.165, 1.54) is 19.1 Å². The molecule has 0 unspecified atom stereocenters. The Morgan fingerprint density at radius 3 is 1.67 bits per heavy atom. The van der Waals surface area contributed by atoms with Crippen LogP contribution in [-0.4, -0.2) is 12.0 Å². The normalized spacial score (nSPS) is 12.8. The van der Waals surface area contributed by atoms with Gasteiger partial charge in [-0.3, -0.25) is 4.79 Å². The first kappa shape index (κ1) is 15.0. The van der Waals surface area contributed by atoms with Gasteiger partial charge in [0.15, 0.2) is 5.78 Å². The Bertz CT molecular complexity index is 655. The summed E-state index contributed by atoms with van der Waals surface area (Å²) in [7, 11) is 0. The maximum Gasteiger partial charge on any atom is 0.420 e. The minimum absolute atomic E-state index is 0.0279. The first-order valence-corrected chi connectivity index (χ1v) is 6.34. The van der Waals surface area contributed by atoms with Crippen molar-refractivity contribution in [3.05, 3.63) is 77.4 Å². The van der Waals surface area contributed by atoms with Gasteiger partial charge in [-0.2, -0.15) is 13.2 Å². The SMILES string of the molecule is C/C(=C(/C(=O)c1ccccc1)C(F)(F)F)c1ccccc1. The van der Waals surface area contributed by atoms with Crippen LogP contribution in [0.1, 0.15) is 22.8 Å². The quantitative estimate of drug-likeness (QED) is 0.580. The van der Waals surface area contributed by atoms with Gasteiger partial charge in [0.05, 0.1) is 0 Å². The van der Waals surface area contributed by atoms with Crippen LogP contribution in [-0.2, 0) is 0 Å². The highest BCUT2D eigenvalue weighted by Gasteiger charge is 2.40. The number of carbonyl (C=O) groups is 1. The maximum atomic E-state index is 13.3. The van der Waals surface area contributed by atoms with Crippen LogP contribution < -0.4 is 0 Å². The van der Waals surface area contributed by atoms with Crippen molar-refractivity contribution in [2.24, 2.45) is 0 Å². The van der Waals surface area contributed by atoms with Gasteiger partial charge < -0.3 is 0 Å². The zero-order valence-electron chi connectivity index (χ0n) is 11.3. The van der Waals surface area contributed by atoms with Crippen LogP contribution in [0.15, 0.2) is 66.2 Å². The van der Waals surface area contributed by atoms with Gasteiger partial charge in [0, 0.05) is 5.56 Å². The van der Waals surface area contributed by atoms with Crippen molar-refractivity contribution in [2.45, 2.75) is 13.1 Å². The maximum absolute atomic E-state index is 13.3. The highest BCUT2D eigenvalue weighted by atomic mass is 19.4. The molecule has 0 aliphatic rings. The number of allylic oxidation sites excluding steroid dienone is 2. The largest absolute Gasteiger partial charge is 0.420 e. The third-order valence-corrected chi connectivity index (χ3v) is 3.13. The highest BCUT2D eigenvalue weighted by Crippen LogP contribution is 2.34. The summed E-state index contributed by atoms with van der Waals surface area (Å²) < 4.78 is 39.9. The van der Waals surface area contributed by atoms with Crippen molar-refractivity contribution in [3.8, 4) is 0 Å². The third kappa shape index (κ3) is 3.40. The lowest BCUT2D eigenvalue weighted by atomic mass is 9.94. The van der Waals surface area contributed by atoms with Gasteiger partial charge in [0.1, 0.15) is 5.57 Å². The number of alkyl halides is 3. The topological polar surface area (TPSA) is 17.1 Å². The molecule has 0 aliphatic heterocycles. The number of hydrogen-bond donors (Lipinski definition) is 0. The molecular weight excluding hydrogens is 277 g/mol. The van der Waals surface area contributed by atoms with Gasteiger partial charge in [-0.1, -0.05) is 60.7 Å². The van der Waals surface area contributed by atoms with Crippen LogP contribution in [0.4, 0.5) is 13.2 Å². The minimum atomic E-state index is -4.70. The molecule has 0 fully saturated rings. The molecule has 0 radical (unpaired) electrons. The molecule has 0 spiro atoms. The molecule has 1 nitrogen and oxygen atoms in total. The Hall–Kier alpha value is -2.36. The number of rotatable bonds is 3. The fraction of sp³-hybridized carbons (Fsp3) is 0.118. The van der Waals surface area contributed by atoms with Gasteiger partial charge in [-0.15, -0.1) is 0 Å². The number of hydrogen-bond acceptors (Lipinski definition) is 1. The lowest BCUT2D eigenvalue weighted by Crippen LogP contribution is -2.21. The number of carbonyl (C=O) groups excluding carboxylic acids is 1. The van der Waals surface area contributed by atoms with Crippen molar-refractivity contribution in [2.75, 3.05) is 0 Å². The molecule has 4 heteroatoms. The van der Waals surface area contributed by atoms with E-state index >= 15 is 0 Å². The van der Waals surface area contributed by atoms with Gasteiger partial charge in [0.2, 0.25) is 0 Å². The molecule has 0 atom stereocenters. The van der Waals surface area contributed by atoms with E-state index in [1.54, 1.807) is 48.5 Å². The molecule has 2 aromatic carbocycles. The fourth-order valence-electron chi connectivity index (χ4n) is 2.08. The van der Waals surface area contributed by atoms with Crippen molar-refractivity contribution in [1.82, 2.24) is 0 Å². The number of ketones is 1. The summed E-state index contributed by atoms with van der Waals surface area (Å²) in [4.78, 5) is 12.2. The smallest absolute Gasteiger partial charge is 0.289 e. The Morgan fingerprint density at radius 1 is 0.810 bits per heavy atom. The number of Topliss-reactive ketones (excluding diaryl/α,β-unsaturated/α-hetero) is 1.